The summed E-state index contributed by atoms with van der Waals surface area (Å²) in [6.45, 7) is 0. The molecule has 1 unspecified atom stereocenters. The first-order valence-electron chi connectivity index (χ1n) is 5.62. The Balaban J connectivity index is 1.91. The highest BCUT2D eigenvalue weighted by Crippen LogP contribution is 2.34. The zero-order valence-electron chi connectivity index (χ0n) is 9.47. The van der Waals surface area contributed by atoms with E-state index in [1.54, 1.807) is 22.7 Å². The second kappa shape index (κ2) is 5.13. The highest BCUT2D eigenvalue weighted by Gasteiger charge is 2.15. The number of hydrogen-bond acceptors (Lipinski definition) is 3. The van der Waals surface area contributed by atoms with Gasteiger partial charge in [-0.2, -0.15) is 0 Å². The van der Waals surface area contributed by atoms with Crippen LogP contribution in [0.5, 0.6) is 0 Å². The Kier molecular flexibility index (Phi) is 3.52. The fraction of sp³-hybridized carbons (Fsp3) is 0.143. The molecule has 4 heteroatoms. The van der Waals surface area contributed by atoms with Crippen LogP contribution < -0.4 is 0 Å². The number of aliphatic hydroxyl groups is 1. The van der Waals surface area contributed by atoms with Crippen molar-refractivity contribution in [1.82, 2.24) is 0 Å². The lowest BCUT2D eigenvalue weighted by molar-refractivity contribution is 0.182. The fourth-order valence-corrected chi connectivity index (χ4v) is 4.63. The molecule has 0 amide bonds. The maximum absolute atomic E-state index is 10.3. The molecule has 0 aliphatic heterocycles. The molecule has 1 N–H and O–H groups in total. The third-order valence-corrected chi connectivity index (χ3v) is 5.91. The van der Waals surface area contributed by atoms with Crippen LogP contribution in [0.4, 0.5) is 0 Å². The van der Waals surface area contributed by atoms with Gasteiger partial charge in [-0.1, -0.05) is 18.2 Å². The lowest BCUT2D eigenvalue weighted by atomic mass is 10.1. The van der Waals surface area contributed by atoms with Crippen LogP contribution in [-0.4, -0.2) is 5.11 Å². The van der Waals surface area contributed by atoms with Crippen LogP contribution in [0.1, 0.15) is 16.5 Å². The molecule has 18 heavy (non-hydrogen) atoms. The van der Waals surface area contributed by atoms with Crippen molar-refractivity contribution in [2.75, 3.05) is 0 Å². The molecule has 1 aromatic carbocycles. The predicted octanol–water partition coefficient (Wildman–Crippen LogP) is 5.00. The van der Waals surface area contributed by atoms with Crippen molar-refractivity contribution in [2.24, 2.45) is 0 Å². The molecule has 3 aromatic rings. The molecule has 1 atom stereocenters. The molecule has 0 aliphatic carbocycles. The summed E-state index contributed by atoms with van der Waals surface area (Å²) >= 11 is 6.80. The molecular weight excluding hydrogens is 328 g/mol. The van der Waals surface area contributed by atoms with Crippen molar-refractivity contribution in [3.05, 3.63) is 56.0 Å². The molecule has 2 heterocycles. The first-order chi connectivity index (χ1) is 8.75. The van der Waals surface area contributed by atoms with Crippen LogP contribution in [0.3, 0.4) is 0 Å². The van der Waals surface area contributed by atoms with E-state index in [1.807, 2.05) is 17.5 Å². The Hall–Kier alpha value is -0.680. The van der Waals surface area contributed by atoms with Crippen molar-refractivity contribution >= 4 is 48.7 Å². The number of aliphatic hydroxyl groups excluding tert-OH is 1. The van der Waals surface area contributed by atoms with Crippen LogP contribution >= 0.6 is 38.6 Å². The molecule has 0 radical (unpaired) electrons. The molecule has 0 fully saturated rings. The number of fused-ring (bicyclic) bond motifs is 1. The minimum Gasteiger partial charge on any atom is -0.387 e. The quantitative estimate of drug-likeness (QED) is 0.712. The highest BCUT2D eigenvalue weighted by atomic mass is 79.9. The van der Waals surface area contributed by atoms with Gasteiger partial charge >= 0.3 is 0 Å². The summed E-state index contributed by atoms with van der Waals surface area (Å²) < 4.78 is 2.28. The second-order valence-corrected chi connectivity index (χ2v) is 6.82. The molecule has 0 saturated carbocycles. The monoisotopic (exact) mass is 338 g/mol. The Morgan fingerprint density at radius 3 is 2.78 bits per heavy atom. The minimum absolute atomic E-state index is 0.433. The van der Waals surface area contributed by atoms with E-state index in [-0.39, 0.29) is 0 Å². The normalized spacial score (nSPS) is 13.0. The van der Waals surface area contributed by atoms with Crippen molar-refractivity contribution in [1.29, 1.82) is 0 Å². The van der Waals surface area contributed by atoms with Gasteiger partial charge in [-0.3, -0.25) is 0 Å². The summed E-state index contributed by atoms with van der Waals surface area (Å²) in [4.78, 5) is 1.00. The molecule has 0 spiro atoms. The lowest BCUT2D eigenvalue weighted by Gasteiger charge is -2.08. The van der Waals surface area contributed by atoms with E-state index in [2.05, 4.69) is 39.5 Å². The molecule has 92 valence electrons. The zero-order chi connectivity index (χ0) is 12.5. The Labute approximate surface area is 122 Å². The molecule has 0 aliphatic rings. The minimum atomic E-state index is -0.433. The van der Waals surface area contributed by atoms with Gasteiger partial charge in [-0.05, 0) is 49.8 Å². The van der Waals surface area contributed by atoms with E-state index in [9.17, 15) is 5.11 Å². The zero-order valence-corrected chi connectivity index (χ0v) is 12.7. The Morgan fingerprint density at radius 1 is 1.17 bits per heavy atom. The van der Waals surface area contributed by atoms with E-state index in [0.717, 1.165) is 9.35 Å². The van der Waals surface area contributed by atoms with Gasteiger partial charge in [0.25, 0.3) is 0 Å². The van der Waals surface area contributed by atoms with E-state index in [4.69, 9.17) is 0 Å². The third-order valence-electron chi connectivity index (χ3n) is 2.92. The van der Waals surface area contributed by atoms with Crippen LogP contribution in [0.15, 0.2) is 45.6 Å². The van der Waals surface area contributed by atoms with E-state index < -0.39 is 6.10 Å². The van der Waals surface area contributed by atoms with Crippen LogP contribution in [0.2, 0.25) is 0 Å². The first kappa shape index (κ1) is 12.4. The van der Waals surface area contributed by atoms with Gasteiger partial charge in [-0.15, -0.1) is 22.7 Å². The second-order valence-electron chi connectivity index (χ2n) is 4.11. The molecule has 3 rings (SSSR count). The van der Waals surface area contributed by atoms with Gasteiger partial charge in [-0.25, -0.2) is 0 Å². The van der Waals surface area contributed by atoms with Crippen molar-refractivity contribution < 1.29 is 5.11 Å². The number of hydrogen-bond donors (Lipinski definition) is 1. The SMILES string of the molecule is OC(Cc1csc2ccccc12)c1sccc1Br. The highest BCUT2D eigenvalue weighted by molar-refractivity contribution is 9.10. The lowest BCUT2D eigenvalue weighted by Crippen LogP contribution is -1.99. The standard InChI is InChI=1S/C14H11BrOS2/c15-11-5-6-17-14(11)12(16)7-9-8-18-13-4-2-1-3-10(9)13/h1-6,8,12,16H,7H2. The molecule has 1 nitrogen and oxygen atoms in total. The van der Waals surface area contributed by atoms with Crippen molar-refractivity contribution in [3.8, 4) is 0 Å². The van der Waals surface area contributed by atoms with E-state index >= 15 is 0 Å². The summed E-state index contributed by atoms with van der Waals surface area (Å²) in [5.74, 6) is 0. The third kappa shape index (κ3) is 2.26. The maximum Gasteiger partial charge on any atom is 0.0934 e. The average molecular weight is 339 g/mol. The van der Waals surface area contributed by atoms with E-state index in [0.29, 0.717) is 6.42 Å². The summed E-state index contributed by atoms with van der Waals surface area (Å²) in [6.07, 6.45) is 0.237. The van der Waals surface area contributed by atoms with Gasteiger partial charge < -0.3 is 5.11 Å². The smallest absolute Gasteiger partial charge is 0.0934 e. The van der Waals surface area contributed by atoms with Gasteiger partial charge in [0, 0.05) is 20.5 Å². The summed E-state index contributed by atoms with van der Waals surface area (Å²) in [5, 5.41) is 15.7. The number of thiophene rings is 2. The fourth-order valence-electron chi connectivity index (χ4n) is 2.04. The van der Waals surface area contributed by atoms with E-state index in [1.165, 1.54) is 15.6 Å². The van der Waals surface area contributed by atoms with Gasteiger partial charge in [0.2, 0.25) is 0 Å². The van der Waals surface area contributed by atoms with Crippen molar-refractivity contribution in [2.45, 2.75) is 12.5 Å². The first-order valence-corrected chi connectivity index (χ1v) is 8.17. The maximum atomic E-state index is 10.3. The van der Waals surface area contributed by atoms with Gasteiger partial charge in [0.15, 0.2) is 0 Å². The van der Waals surface area contributed by atoms with Gasteiger partial charge in [0.1, 0.15) is 0 Å². The predicted molar refractivity (Wildman–Crippen MR) is 82.5 cm³/mol. The molecular formula is C14H11BrOS2. The molecule has 0 saturated heterocycles. The summed E-state index contributed by atoms with van der Waals surface area (Å²) in [7, 11) is 0. The Bertz CT molecular complexity index is 671. The molecule has 2 aromatic heterocycles. The average Bonchev–Trinajstić information content (AvgIpc) is 2.97. The number of benzene rings is 1. The van der Waals surface area contributed by atoms with Gasteiger partial charge in [0.05, 0.1) is 6.10 Å². The largest absolute Gasteiger partial charge is 0.387 e. The molecule has 0 bridgehead atoms. The number of halogens is 1. The van der Waals surface area contributed by atoms with Crippen LogP contribution in [-0.2, 0) is 6.42 Å². The summed E-state index contributed by atoms with van der Waals surface area (Å²) in [5.41, 5.74) is 1.23. The number of rotatable bonds is 3. The topological polar surface area (TPSA) is 20.2 Å². The van der Waals surface area contributed by atoms with Crippen LogP contribution in [0, 0.1) is 0 Å². The van der Waals surface area contributed by atoms with Crippen LogP contribution in [0.25, 0.3) is 10.1 Å². The Morgan fingerprint density at radius 2 is 2.00 bits per heavy atom. The van der Waals surface area contributed by atoms with Crippen molar-refractivity contribution in [3.63, 3.8) is 0 Å². The summed E-state index contributed by atoms with van der Waals surface area (Å²) in [6, 6.07) is 10.3.